The van der Waals surface area contributed by atoms with Gasteiger partial charge in [0.2, 0.25) is 0 Å². The average molecular weight is 456 g/mol. The van der Waals surface area contributed by atoms with Crippen LogP contribution in [0.15, 0.2) is 133 Å². The second-order valence-electron chi connectivity index (χ2n) is 8.17. The molecule has 34 heavy (non-hydrogen) atoms. The molecule has 1 heterocycles. The van der Waals surface area contributed by atoms with Crippen LogP contribution in [0.2, 0.25) is 0 Å². The standard InChI is InChI=1S/C31H23N2S/c1-4-14-25(15-5-1)30-23-34-31(33(30)27-19-8-3-9-20-27)32(26-17-6-2-7-18-26)29-22-12-16-24-13-10-11-21-28(24)29/h1-22,31H. The molecule has 2 nitrogen and oxygen atoms in total. The lowest BCUT2D eigenvalue weighted by Gasteiger charge is -2.39. The van der Waals surface area contributed by atoms with Crippen molar-refractivity contribution in [1.82, 2.24) is 0 Å². The molecule has 5 aromatic carbocycles. The van der Waals surface area contributed by atoms with Gasteiger partial charge in [-0.2, -0.15) is 0 Å². The lowest BCUT2D eigenvalue weighted by atomic mass is 10.1. The Balaban J connectivity index is 1.55. The van der Waals surface area contributed by atoms with Gasteiger partial charge in [-0.15, -0.1) is 0 Å². The molecular weight excluding hydrogens is 432 g/mol. The van der Waals surface area contributed by atoms with Crippen molar-refractivity contribution >= 4 is 45.3 Å². The van der Waals surface area contributed by atoms with E-state index in [-0.39, 0.29) is 5.50 Å². The van der Waals surface area contributed by atoms with Crippen LogP contribution in [0.5, 0.6) is 0 Å². The Labute approximate surface area is 204 Å². The van der Waals surface area contributed by atoms with E-state index in [9.17, 15) is 0 Å². The van der Waals surface area contributed by atoms with E-state index in [1.54, 1.807) is 11.8 Å². The molecule has 1 radical (unpaired) electrons. The number of hydrogen-bond acceptors (Lipinski definition) is 3. The summed E-state index contributed by atoms with van der Waals surface area (Å²) in [4.78, 5) is 4.83. The fraction of sp³-hybridized carbons (Fsp3) is 0.0323. The predicted molar refractivity (Wildman–Crippen MR) is 146 cm³/mol. The molecule has 1 aliphatic heterocycles. The third-order valence-corrected chi connectivity index (χ3v) is 7.03. The minimum Gasteiger partial charge on any atom is -0.310 e. The molecular formula is C31H23N2S. The monoisotopic (exact) mass is 455 g/mol. The van der Waals surface area contributed by atoms with Gasteiger partial charge >= 0.3 is 0 Å². The summed E-state index contributed by atoms with van der Waals surface area (Å²) in [5.74, 6) is 0. The normalized spacial score (nSPS) is 15.4. The van der Waals surface area contributed by atoms with Crippen molar-refractivity contribution in [2.45, 2.75) is 5.50 Å². The fourth-order valence-electron chi connectivity index (χ4n) is 4.52. The summed E-state index contributed by atoms with van der Waals surface area (Å²) in [6, 6.07) is 47.0. The Morgan fingerprint density at radius 3 is 2.00 bits per heavy atom. The van der Waals surface area contributed by atoms with Crippen molar-refractivity contribution in [1.29, 1.82) is 0 Å². The second-order valence-corrected chi connectivity index (χ2v) is 9.03. The molecule has 0 amide bonds. The molecule has 0 fully saturated rings. The smallest absolute Gasteiger partial charge is 0.164 e. The number of rotatable bonds is 5. The van der Waals surface area contributed by atoms with Crippen LogP contribution < -0.4 is 9.80 Å². The molecule has 0 saturated heterocycles. The van der Waals surface area contributed by atoms with Crippen LogP contribution in [0.25, 0.3) is 16.5 Å². The van der Waals surface area contributed by atoms with E-state index in [1.807, 2.05) is 0 Å². The van der Waals surface area contributed by atoms with Crippen molar-refractivity contribution < 1.29 is 0 Å². The zero-order valence-electron chi connectivity index (χ0n) is 18.6. The van der Waals surface area contributed by atoms with Gasteiger partial charge in [-0.05, 0) is 41.3 Å². The van der Waals surface area contributed by atoms with Crippen LogP contribution in [-0.2, 0) is 0 Å². The highest BCUT2D eigenvalue weighted by atomic mass is 32.2. The van der Waals surface area contributed by atoms with Gasteiger partial charge in [-0.3, -0.25) is 0 Å². The molecule has 163 valence electrons. The number of hydrogen-bond donors (Lipinski definition) is 0. The Bertz CT molecular complexity index is 1430. The second kappa shape index (κ2) is 9.12. The van der Waals surface area contributed by atoms with Gasteiger partial charge in [0, 0.05) is 16.8 Å². The Kier molecular flexibility index (Phi) is 5.54. The first kappa shape index (κ1) is 20.6. The average Bonchev–Trinajstić information content (AvgIpc) is 3.35. The van der Waals surface area contributed by atoms with Crippen LogP contribution in [0.4, 0.5) is 17.1 Å². The number of thioether (sulfide) groups is 1. The van der Waals surface area contributed by atoms with Crippen molar-refractivity contribution in [3.05, 3.63) is 144 Å². The molecule has 0 saturated carbocycles. The summed E-state index contributed by atoms with van der Waals surface area (Å²) in [5.41, 5.74) is 5.68. The molecule has 1 atom stereocenters. The highest BCUT2D eigenvalue weighted by molar-refractivity contribution is 8.02. The third kappa shape index (κ3) is 3.74. The van der Waals surface area contributed by atoms with Gasteiger partial charge in [-0.25, -0.2) is 0 Å². The van der Waals surface area contributed by atoms with Gasteiger partial charge in [0.15, 0.2) is 5.50 Å². The molecule has 3 heteroatoms. The lowest BCUT2D eigenvalue weighted by Crippen LogP contribution is -2.41. The molecule has 0 aliphatic carbocycles. The van der Waals surface area contributed by atoms with Crippen LogP contribution in [0.3, 0.4) is 0 Å². The zero-order chi connectivity index (χ0) is 22.7. The SMILES string of the molecule is [C]1=C(c2ccccc2)N(c2ccccc2)C(N(c2ccccc2)c2cccc3ccccc23)S1. The van der Waals surface area contributed by atoms with Crippen LogP contribution in [0, 0.1) is 5.41 Å². The maximum Gasteiger partial charge on any atom is 0.164 e. The Morgan fingerprint density at radius 1 is 0.618 bits per heavy atom. The minimum absolute atomic E-state index is 0.0363. The van der Waals surface area contributed by atoms with Gasteiger partial charge < -0.3 is 9.80 Å². The van der Waals surface area contributed by atoms with Crippen molar-refractivity contribution in [2.75, 3.05) is 9.80 Å². The van der Waals surface area contributed by atoms with Crippen LogP contribution in [0.1, 0.15) is 5.56 Å². The summed E-state index contributed by atoms with van der Waals surface area (Å²) in [7, 11) is 0. The van der Waals surface area contributed by atoms with Gasteiger partial charge in [0.25, 0.3) is 0 Å². The van der Waals surface area contributed by atoms with E-state index in [4.69, 9.17) is 0 Å². The molecule has 0 N–H and O–H groups in total. The van der Waals surface area contributed by atoms with E-state index in [0.29, 0.717) is 0 Å². The highest BCUT2D eigenvalue weighted by Crippen LogP contribution is 2.46. The van der Waals surface area contributed by atoms with E-state index in [0.717, 1.165) is 22.6 Å². The summed E-state index contributed by atoms with van der Waals surface area (Å²) < 4.78 is 0. The van der Waals surface area contributed by atoms with E-state index >= 15 is 0 Å². The summed E-state index contributed by atoms with van der Waals surface area (Å²) in [6.07, 6.45) is 0. The number of benzene rings is 5. The minimum atomic E-state index is -0.0363. The Morgan fingerprint density at radius 2 is 1.24 bits per heavy atom. The number of para-hydroxylation sites is 2. The summed E-state index contributed by atoms with van der Waals surface area (Å²) in [5, 5.41) is 6.12. The zero-order valence-corrected chi connectivity index (χ0v) is 19.4. The first-order valence-electron chi connectivity index (χ1n) is 11.4. The summed E-state index contributed by atoms with van der Waals surface area (Å²) in [6.45, 7) is 0. The third-order valence-electron chi connectivity index (χ3n) is 6.09. The lowest BCUT2D eigenvalue weighted by molar-refractivity contribution is 0.887. The van der Waals surface area contributed by atoms with Gasteiger partial charge in [0.05, 0.1) is 16.8 Å². The highest BCUT2D eigenvalue weighted by Gasteiger charge is 2.35. The number of anilines is 3. The molecule has 0 bridgehead atoms. The van der Waals surface area contributed by atoms with E-state index in [1.165, 1.54) is 16.5 Å². The summed E-state index contributed by atoms with van der Waals surface area (Å²) >= 11 is 1.72. The number of nitrogens with zero attached hydrogens (tertiary/aromatic N) is 2. The van der Waals surface area contributed by atoms with Crippen molar-refractivity contribution in [3.63, 3.8) is 0 Å². The maximum absolute atomic E-state index is 3.66. The van der Waals surface area contributed by atoms with Crippen molar-refractivity contribution in [3.8, 4) is 0 Å². The predicted octanol–water partition coefficient (Wildman–Crippen LogP) is 8.32. The molecule has 0 spiro atoms. The first-order valence-corrected chi connectivity index (χ1v) is 12.3. The number of fused-ring (bicyclic) bond motifs is 1. The van der Waals surface area contributed by atoms with Crippen LogP contribution in [-0.4, -0.2) is 5.50 Å². The van der Waals surface area contributed by atoms with Gasteiger partial charge in [0.1, 0.15) is 0 Å². The molecule has 6 rings (SSSR count). The maximum atomic E-state index is 3.66. The molecule has 0 aromatic heterocycles. The van der Waals surface area contributed by atoms with Gasteiger partial charge in [-0.1, -0.05) is 115 Å². The molecule has 5 aromatic rings. The van der Waals surface area contributed by atoms with E-state index < -0.39 is 0 Å². The quantitative estimate of drug-likeness (QED) is 0.263. The Hall–Kier alpha value is -3.95. The van der Waals surface area contributed by atoms with E-state index in [2.05, 4.69) is 149 Å². The van der Waals surface area contributed by atoms with Crippen molar-refractivity contribution in [2.24, 2.45) is 0 Å². The molecule has 1 unspecified atom stereocenters. The first-order chi connectivity index (χ1) is 16.9. The molecule has 1 aliphatic rings. The van der Waals surface area contributed by atoms with Crippen LogP contribution >= 0.6 is 11.8 Å². The fourth-order valence-corrected chi connectivity index (χ4v) is 5.63. The topological polar surface area (TPSA) is 6.48 Å². The largest absolute Gasteiger partial charge is 0.310 e.